The standard InChI is InChI=1S/C14H17N3O2/c1-3-17-8-7-16-13(17)9-11(18)10-5-4-6-12(19-2)14(10)15/h4-8H,3,9,15H2,1-2H3. The van der Waals surface area contributed by atoms with Gasteiger partial charge in [0.25, 0.3) is 0 Å². The van der Waals surface area contributed by atoms with Crippen molar-refractivity contribution >= 4 is 11.5 Å². The third kappa shape index (κ3) is 2.59. The van der Waals surface area contributed by atoms with Gasteiger partial charge in [-0.25, -0.2) is 4.98 Å². The van der Waals surface area contributed by atoms with Crippen LogP contribution in [0, 0.1) is 0 Å². The number of methoxy groups -OCH3 is 1. The number of hydrogen-bond donors (Lipinski definition) is 1. The van der Waals surface area contributed by atoms with E-state index < -0.39 is 0 Å². The zero-order valence-electron chi connectivity index (χ0n) is 11.1. The van der Waals surface area contributed by atoms with Crippen molar-refractivity contribution in [2.45, 2.75) is 19.9 Å². The summed E-state index contributed by atoms with van der Waals surface area (Å²) in [4.78, 5) is 16.5. The number of carbonyl (C=O) groups is 1. The van der Waals surface area contributed by atoms with Crippen LogP contribution in [0.25, 0.3) is 0 Å². The summed E-state index contributed by atoms with van der Waals surface area (Å²) in [6.45, 7) is 2.80. The van der Waals surface area contributed by atoms with E-state index in [1.54, 1.807) is 24.4 Å². The molecule has 0 spiro atoms. The number of hydrogen-bond acceptors (Lipinski definition) is 4. The molecule has 0 unspecified atom stereocenters. The molecule has 5 nitrogen and oxygen atoms in total. The van der Waals surface area contributed by atoms with Crippen LogP contribution in [0.15, 0.2) is 30.6 Å². The molecule has 0 saturated heterocycles. The summed E-state index contributed by atoms with van der Waals surface area (Å²) >= 11 is 0. The first-order chi connectivity index (χ1) is 9.17. The minimum atomic E-state index is -0.0581. The van der Waals surface area contributed by atoms with E-state index in [2.05, 4.69) is 4.98 Å². The number of rotatable bonds is 5. The number of carbonyl (C=O) groups excluding carboxylic acids is 1. The van der Waals surface area contributed by atoms with E-state index in [4.69, 9.17) is 10.5 Å². The lowest BCUT2D eigenvalue weighted by Crippen LogP contribution is -2.12. The Morgan fingerprint density at radius 3 is 2.95 bits per heavy atom. The average Bonchev–Trinajstić information content (AvgIpc) is 2.86. The molecule has 1 aromatic heterocycles. The van der Waals surface area contributed by atoms with Crippen LogP contribution in [-0.2, 0) is 13.0 Å². The van der Waals surface area contributed by atoms with Crippen LogP contribution in [0.3, 0.4) is 0 Å². The van der Waals surface area contributed by atoms with Crippen molar-refractivity contribution in [2.75, 3.05) is 12.8 Å². The van der Waals surface area contributed by atoms with Gasteiger partial charge >= 0.3 is 0 Å². The molecule has 0 atom stereocenters. The summed E-state index contributed by atoms with van der Waals surface area (Å²) in [6.07, 6.45) is 3.79. The van der Waals surface area contributed by atoms with Gasteiger partial charge in [0.1, 0.15) is 11.6 Å². The van der Waals surface area contributed by atoms with Crippen molar-refractivity contribution < 1.29 is 9.53 Å². The number of para-hydroxylation sites is 1. The third-order valence-corrected chi connectivity index (χ3v) is 3.05. The third-order valence-electron chi connectivity index (χ3n) is 3.05. The van der Waals surface area contributed by atoms with Crippen LogP contribution in [0.2, 0.25) is 0 Å². The molecule has 0 radical (unpaired) electrons. The predicted molar refractivity (Wildman–Crippen MR) is 73.3 cm³/mol. The molecular weight excluding hydrogens is 242 g/mol. The Morgan fingerprint density at radius 2 is 2.26 bits per heavy atom. The van der Waals surface area contributed by atoms with E-state index in [0.717, 1.165) is 12.4 Å². The van der Waals surface area contributed by atoms with Crippen molar-refractivity contribution in [2.24, 2.45) is 0 Å². The summed E-state index contributed by atoms with van der Waals surface area (Å²) in [5, 5.41) is 0. The highest BCUT2D eigenvalue weighted by atomic mass is 16.5. The van der Waals surface area contributed by atoms with Crippen molar-refractivity contribution in [3.05, 3.63) is 42.0 Å². The summed E-state index contributed by atoms with van der Waals surface area (Å²) in [6, 6.07) is 5.20. The predicted octanol–water partition coefficient (Wildman–Crippen LogP) is 1.92. The number of benzene rings is 1. The van der Waals surface area contributed by atoms with Crippen LogP contribution in [0.5, 0.6) is 5.75 Å². The number of ether oxygens (including phenoxy) is 1. The normalized spacial score (nSPS) is 10.4. The second-order valence-electron chi connectivity index (χ2n) is 4.15. The molecule has 19 heavy (non-hydrogen) atoms. The maximum absolute atomic E-state index is 12.3. The first kappa shape index (κ1) is 13.1. The fraction of sp³-hybridized carbons (Fsp3) is 0.286. The van der Waals surface area contributed by atoms with Gasteiger partial charge in [-0.15, -0.1) is 0 Å². The van der Waals surface area contributed by atoms with Crippen LogP contribution < -0.4 is 10.5 Å². The van der Waals surface area contributed by atoms with Gasteiger partial charge in [0.15, 0.2) is 5.78 Å². The first-order valence-electron chi connectivity index (χ1n) is 6.13. The minimum absolute atomic E-state index is 0.0581. The number of Topliss-reactive ketones (excluding diaryl/α,β-unsaturated/α-hetero) is 1. The van der Waals surface area contributed by atoms with Gasteiger partial charge in [-0.3, -0.25) is 4.79 Å². The Morgan fingerprint density at radius 1 is 1.47 bits per heavy atom. The number of nitrogens with two attached hydrogens (primary N) is 1. The lowest BCUT2D eigenvalue weighted by atomic mass is 10.1. The largest absolute Gasteiger partial charge is 0.495 e. The van der Waals surface area contributed by atoms with E-state index in [0.29, 0.717) is 17.0 Å². The van der Waals surface area contributed by atoms with Gasteiger partial charge in [0, 0.05) is 24.5 Å². The van der Waals surface area contributed by atoms with Crippen molar-refractivity contribution in [3.8, 4) is 5.75 Å². The molecule has 5 heteroatoms. The topological polar surface area (TPSA) is 70.1 Å². The minimum Gasteiger partial charge on any atom is -0.495 e. The number of anilines is 1. The lowest BCUT2D eigenvalue weighted by molar-refractivity contribution is 0.0990. The molecule has 0 aliphatic heterocycles. The first-order valence-corrected chi connectivity index (χ1v) is 6.13. The summed E-state index contributed by atoms with van der Waals surface area (Å²) in [5.74, 6) is 1.21. The quantitative estimate of drug-likeness (QED) is 0.658. The molecule has 1 heterocycles. The lowest BCUT2D eigenvalue weighted by Gasteiger charge is -2.09. The molecule has 0 bridgehead atoms. The van der Waals surface area contributed by atoms with E-state index in [-0.39, 0.29) is 12.2 Å². The van der Waals surface area contributed by atoms with E-state index in [1.165, 1.54) is 7.11 Å². The molecule has 2 N–H and O–H groups in total. The smallest absolute Gasteiger partial charge is 0.172 e. The number of nitrogens with zero attached hydrogens (tertiary/aromatic N) is 2. The van der Waals surface area contributed by atoms with Crippen molar-refractivity contribution in [1.29, 1.82) is 0 Å². The molecule has 0 saturated carbocycles. The summed E-state index contributed by atoms with van der Waals surface area (Å²) in [7, 11) is 1.53. The number of aromatic nitrogens is 2. The molecule has 0 fully saturated rings. The number of imidazole rings is 1. The molecule has 0 aliphatic carbocycles. The van der Waals surface area contributed by atoms with Crippen LogP contribution in [0.4, 0.5) is 5.69 Å². The Kier molecular flexibility index (Phi) is 3.85. The van der Waals surface area contributed by atoms with Crippen LogP contribution in [-0.4, -0.2) is 22.4 Å². The second-order valence-corrected chi connectivity index (χ2v) is 4.15. The van der Waals surface area contributed by atoms with Gasteiger partial charge in [0.05, 0.1) is 19.2 Å². The Balaban J connectivity index is 2.26. The van der Waals surface area contributed by atoms with Gasteiger partial charge in [-0.05, 0) is 19.1 Å². The monoisotopic (exact) mass is 259 g/mol. The molecular formula is C14H17N3O2. The maximum Gasteiger partial charge on any atom is 0.172 e. The molecule has 2 aromatic rings. The highest BCUT2D eigenvalue weighted by Gasteiger charge is 2.15. The zero-order valence-corrected chi connectivity index (χ0v) is 11.1. The van der Waals surface area contributed by atoms with Crippen molar-refractivity contribution in [3.63, 3.8) is 0 Å². The van der Waals surface area contributed by atoms with Gasteiger partial charge in [-0.1, -0.05) is 6.07 Å². The van der Waals surface area contributed by atoms with E-state index >= 15 is 0 Å². The van der Waals surface area contributed by atoms with Crippen LogP contribution >= 0.6 is 0 Å². The highest BCUT2D eigenvalue weighted by Crippen LogP contribution is 2.25. The Hall–Kier alpha value is -2.30. The Bertz CT molecular complexity index is 590. The average molecular weight is 259 g/mol. The number of ketones is 1. The SMILES string of the molecule is CCn1ccnc1CC(=O)c1cccc(OC)c1N. The summed E-state index contributed by atoms with van der Waals surface area (Å²) in [5.41, 5.74) is 6.78. The highest BCUT2D eigenvalue weighted by molar-refractivity contribution is 6.02. The summed E-state index contributed by atoms with van der Waals surface area (Å²) < 4.78 is 7.06. The molecule has 1 aromatic carbocycles. The Labute approximate surface area is 112 Å². The maximum atomic E-state index is 12.3. The van der Waals surface area contributed by atoms with Crippen molar-refractivity contribution in [1.82, 2.24) is 9.55 Å². The molecule has 100 valence electrons. The fourth-order valence-corrected chi connectivity index (χ4v) is 2.00. The van der Waals surface area contributed by atoms with Gasteiger partial charge in [-0.2, -0.15) is 0 Å². The van der Waals surface area contributed by atoms with Gasteiger partial charge < -0.3 is 15.0 Å². The number of nitrogen functional groups attached to an aromatic ring is 1. The van der Waals surface area contributed by atoms with E-state index in [1.807, 2.05) is 17.7 Å². The number of aryl methyl sites for hydroxylation is 1. The fourth-order valence-electron chi connectivity index (χ4n) is 2.00. The molecule has 0 amide bonds. The van der Waals surface area contributed by atoms with Crippen LogP contribution in [0.1, 0.15) is 23.1 Å². The zero-order chi connectivity index (χ0) is 13.8. The molecule has 0 aliphatic rings. The van der Waals surface area contributed by atoms with E-state index in [9.17, 15) is 4.79 Å². The second kappa shape index (κ2) is 5.56. The molecule has 2 rings (SSSR count). The van der Waals surface area contributed by atoms with Gasteiger partial charge in [0.2, 0.25) is 0 Å².